The molecule has 2 aromatic carbocycles. The second-order valence-electron chi connectivity index (χ2n) is 5.57. The molecule has 0 bridgehead atoms. The highest BCUT2D eigenvalue weighted by Gasteiger charge is 2.16. The van der Waals surface area contributed by atoms with Gasteiger partial charge in [-0.15, -0.1) is 22.0 Å². The number of benzene rings is 2. The molecule has 0 radical (unpaired) electrons. The van der Waals surface area contributed by atoms with E-state index in [0.29, 0.717) is 5.13 Å². The topological polar surface area (TPSA) is 64.1 Å². The number of rotatable bonds is 7. The van der Waals surface area contributed by atoms with Gasteiger partial charge in [-0.2, -0.15) is 0 Å². The monoisotopic (exact) mass is 385 g/mol. The van der Waals surface area contributed by atoms with Crippen LogP contribution >= 0.6 is 23.1 Å². The van der Waals surface area contributed by atoms with E-state index in [1.165, 1.54) is 16.9 Å². The molecular weight excluding hydrogens is 366 g/mol. The van der Waals surface area contributed by atoms with Gasteiger partial charge in [0.25, 0.3) is 0 Å². The van der Waals surface area contributed by atoms with Gasteiger partial charge in [-0.3, -0.25) is 10.1 Å². The van der Waals surface area contributed by atoms with Crippen molar-refractivity contribution in [2.75, 3.05) is 12.4 Å². The van der Waals surface area contributed by atoms with Gasteiger partial charge in [-0.1, -0.05) is 41.7 Å². The third kappa shape index (κ3) is 4.83. The van der Waals surface area contributed by atoms with Crippen molar-refractivity contribution in [3.05, 3.63) is 60.2 Å². The van der Waals surface area contributed by atoms with Crippen LogP contribution in [-0.2, 0) is 10.5 Å². The number of ether oxygens (including phenoxy) is 1. The van der Waals surface area contributed by atoms with E-state index in [0.717, 1.165) is 22.1 Å². The zero-order valence-corrected chi connectivity index (χ0v) is 16.1. The zero-order chi connectivity index (χ0) is 18.4. The van der Waals surface area contributed by atoms with Crippen LogP contribution < -0.4 is 10.1 Å². The molecule has 0 unspecified atom stereocenters. The lowest BCUT2D eigenvalue weighted by molar-refractivity contribution is -0.115. The number of carbonyl (C=O) groups is 1. The van der Waals surface area contributed by atoms with Crippen molar-refractivity contribution in [1.29, 1.82) is 0 Å². The van der Waals surface area contributed by atoms with Crippen molar-refractivity contribution in [1.82, 2.24) is 10.2 Å². The van der Waals surface area contributed by atoms with Crippen LogP contribution in [0.25, 0.3) is 10.6 Å². The molecule has 0 saturated carbocycles. The molecule has 0 aliphatic rings. The van der Waals surface area contributed by atoms with Gasteiger partial charge in [0.1, 0.15) is 10.8 Å². The molecule has 7 heteroatoms. The largest absolute Gasteiger partial charge is 0.497 e. The van der Waals surface area contributed by atoms with E-state index in [2.05, 4.69) is 27.6 Å². The molecule has 0 saturated heterocycles. The van der Waals surface area contributed by atoms with E-state index in [4.69, 9.17) is 4.74 Å². The molecule has 3 rings (SSSR count). The Bertz CT molecular complexity index is 851. The molecule has 0 fully saturated rings. The van der Waals surface area contributed by atoms with Crippen molar-refractivity contribution < 1.29 is 9.53 Å². The molecule has 3 aromatic rings. The lowest BCUT2D eigenvalue weighted by atomic mass is 10.2. The van der Waals surface area contributed by atoms with Crippen LogP contribution in [0.15, 0.2) is 54.6 Å². The van der Waals surface area contributed by atoms with Crippen molar-refractivity contribution >= 4 is 34.1 Å². The lowest BCUT2D eigenvalue weighted by Gasteiger charge is -2.10. The highest BCUT2D eigenvalue weighted by molar-refractivity contribution is 7.99. The maximum absolute atomic E-state index is 12.4. The number of amides is 1. The van der Waals surface area contributed by atoms with Crippen LogP contribution in [0, 0.1) is 0 Å². The minimum absolute atomic E-state index is 0.0663. The number of methoxy groups -OCH3 is 1. The standard InChI is InChI=1S/C19H19N3O2S2/c1-13(25-12-14-6-4-3-5-7-14)17(23)20-19-22-21-18(26-19)15-8-10-16(24-2)11-9-15/h3-11,13H,12H2,1-2H3,(H,20,22,23)/t13-/m0/s1. The van der Waals surface area contributed by atoms with Gasteiger partial charge >= 0.3 is 0 Å². The number of nitrogens with one attached hydrogen (secondary N) is 1. The van der Waals surface area contributed by atoms with Crippen molar-refractivity contribution in [3.8, 4) is 16.3 Å². The van der Waals surface area contributed by atoms with E-state index in [1.807, 2.05) is 49.4 Å². The Labute approximate surface area is 160 Å². The van der Waals surface area contributed by atoms with Gasteiger partial charge in [-0.05, 0) is 36.8 Å². The number of hydrogen-bond acceptors (Lipinski definition) is 6. The second-order valence-corrected chi connectivity index (χ2v) is 7.88. The summed E-state index contributed by atoms with van der Waals surface area (Å²) in [7, 11) is 1.63. The fraction of sp³-hybridized carbons (Fsp3) is 0.211. The predicted molar refractivity (Wildman–Crippen MR) is 108 cm³/mol. The highest BCUT2D eigenvalue weighted by atomic mass is 32.2. The van der Waals surface area contributed by atoms with Gasteiger partial charge in [0.05, 0.1) is 12.4 Å². The summed E-state index contributed by atoms with van der Waals surface area (Å²) in [5.74, 6) is 1.52. The number of thioether (sulfide) groups is 1. The van der Waals surface area contributed by atoms with E-state index >= 15 is 0 Å². The quantitative estimate of drug-likeness (QED) is 0.650. The predicted octanol–water partition coefficient (Wildman–Crippen LogP) is 4.47. The normalized spacial score (nSPS) is 11.8. The summed E-state index contributed by atoms with van der Waals surface area (Å²) in [6.07, 6.45) is 0. The average Bonchev–Trinajstić information content (AvgIpc) is 3.15. The third-order valence-corrected chi connectivity index (χ3v) is 5.81. The molecule has 1 N–H and O–H groups in total. The average molecular weight is 386 g/mol. The molecule has 0 aliphatic carbocycles. The summed E-state index contributed by atoms with van der Waals surface area (Å²) in [6, 6.07) is 17.7. The number of anilines is 1. The Morgan fingerprint density at radius 1 is 1.15 bits per heavy atom. The maximum Gasteiger partial charge on any atom is 0.239 e. The number of aromatic nitrogens is 2. The third-order valence-electron chi connectivity index (χ3n) is 3.70. The molecular formula is C19H19N3O2S2. The molecule has 1 amide bonds. The van der Waals surface area contributed by atoms with E-state index in [1.54, 1.807) is 18.9 Å². The maximum atomic E-state index is 12.4. The first kappa shape index (κ1) is 18.4. The SMILES string of the molecule is COc1ccc(-c2nnc(NC(=O)[C@H](C)SCc3ccccc3)s2)cc1. The van der Waals surface area contributed by atoms with Crippen molar-refractivity contribution in [2.24, 2.45) is 0 Å². The van der Waals surface area contributed by atoms with Crippen LogP contribution in [0.1, 0.15) is 12.5 Å². The molecule has 0 aliphatic heterocycles. The van der Waals surface area contributed by atoms with Crippen LogP contribution in [0.3, 0.4) is 0 Å². The molecule has 1 aromatic heterocycles. The van der Waals surface area contributed by atoms with Crippen LogP contribution in [0.2, 0.25) is 0 Å². The number of carbonyl (C=O) groups excluding carboxylic acids is 1. The van der Waals surface area contributed by atoms with E-state index < -0.39 is 0 Å². The highest BCUT2D eigenvalue weighted by Crippen LogP contribution is 2.28. The van der Waals surface area contributed by atoms with Crippen molar-refractivity contribution in [3.63, 3.8) is 0 Å². The fourth-order valence-electron chi connectivity index (χ4n) is 2.20. The molecule has 134 valence electrons. The minimum Gasteiger partial charge on any atom is -0.497 e. The first-order valence-electron chi connectivity index (χ1n) is 8.10. The van der Waals surface area contributed by atoms with Gasteiger partial charge in [-0.25, -0.2) is 0 Å². The van der Waals surface area contributed by atoms with Crippen LogP contribution in [0.5, 0.6) is 5.75 Å². The molecule has 0 spiro atoms. The van der Waals surface area contributed by atoms with Gasteiger partial charge < -0.3 is 4.74 Å². The first-order chi connectivity index (χ1) is 12.7. The summed E-state index contributed by atoms with van der Waals surface area (Å²) in [5.41, 5.74) is 2.14. The second kappa shape index (κ2) is 8.82. The number of nitrogens with zero attached hydrogens (tertiary/aromatic N) is 2. The Balaban J connectivity index is 1.56. The van der Waals surface area contributed by atoms with Crippen LogP contribution in [0.4, 0.5) is 5.13 Å². The summed E-state index contributed by atoms with van der Waals surface area (Å²) < 4.78 is 5.15. The summed E-state index contributed by atoms with van der Waals surface area (Å²) in [6.45, 7) is 1.90. The van der Waals surface area contributed by atoms with E-state index in [9.17, 15) is 4.79 Å². The molecule has 26 heavy (non-hydrogen) atoms. The smallest absolute Gasteiger partial charge is 0.239 e. The molecule has 1 atom stereocenters. The minimum atomic E-state index is -0.177. The Kier molecular flexibility index (Phi) is 6.25. The Morgan fingerprint density at radius 2 is 1.88 bits per heavy atom. The Hall–Kier alpha value is -2.38. The van der Waals surface area contributed by atoms with Gasteiger partial charge in [0, 0.05) is 11.3 Å². The fourth-order valence-corrected chi connectivity index (χ4v) is 3.80. The first-order valence-corrected chi connectivity index (χ1v) is 9.96. The molecule has 1 heterocycles. The van der Waals surface area contributed by atoms with E-state index in [-0.39, 0.29) is 11.2 Å². The zero-order valence-electron chi connectivity index (χ0n) is 14.5. The molecule has 5 nitrogen and oxygen atoms in total. The van der Waals surface area contributed by atoms with Crippen molar-refractivity contribution in [2.45, 2.75) is 17.9 Å². The Morgan fingerprint density at radius 3 is 2.58 bits per heavy atom. The number of hydrogen-bond donors (Lipinski definition) is 1. The van der Waals surface area contributed by atoms with Gasteiger partial charge in [0.2, 0.25) is 11.0 Å². The summed E-state index contributed by atoms with van der Waals surface area (Å²) >= 11 is 2.95. The summed E-state index contributed by atoms with van der Waals surface area (Å²) in [4.78, 5) is 12.4. The lowest BCUT2D eigenvalue weighted by Crippen LogP contribution is -2.22. The van der Waals surface area contributed by atoms with Crippen LogP contribution in [-0.4, -0.2) is 28.5 Å². The van der Waals surface area contributed by atoms with Gasteiger partial charge in [0.15, 0.2) is 0 Å². The summed E-state index contributed by atoms with van der Waals surface area (Å²) in [5, 5.41) is 12.2.